The summed E-state index contributed by atoms with van der Waals surface area (Å²) in [6.07, 6.45) is 1.43. The summed E-state index contributed by atoms with van der Waals surface area (Å²) in [5, 5.41) is 3.81. The van der Waals surface area contributed by atoms with Gasteiger partial charge in [0, 0.05) is 25.2 Å². The fourth-order valence-electron chi connectivity index (χ4n) is 2.89. The average Bonchev–Trinajstić information content (AvgIpc) is 2.89. The van der Waals surface area contributed by atoms with Crippen molar-refractivity contribution >= 4 is 0 Å². The summed E-state index contributed by atoms with van der Waals surface area (Å²) in [7, 11) is 0. The standard InChI is InChI=1S/C17H28N2O/c1-4-19(5-2)13-17(15-9-7-6-8-10-15)18-16-11-12-20-14(16)3/h6-10,14,16-18H,4-5,11-13H2,1-3H3/t14-,16+,17-/m0/s1. The fourth-order valence-corrected chi connectivity index (χ4v) is 2.89. The third-order valence-corrected chi connectivity index (χ3v) is 4.33. The van der Waals surface area contributed by atoms with Crippen molar-refractivity contribution in [1.29, 1.82) is 0 Å². The minimum atomic E-state index is 0.318. The first-order valence-corrected chi connectivity index (χ1v) is 7.89. The first-order chi connectivity index (χ1) is 9.74. The zero-order chi connectivity index (χ0) is 14.4. The quantitative estimate of drug-likeness (QED) is 0.829. The molecule has 0 aromatic heterocycles. The number of rotatable bonds is 7. The second-order valence-corrected chi connectivity index (χ2v) is 5.59. The van der Waals surface area contributed by atoms with Crippen molar-refractivity contribution in [3.05, 3.63) is 35.9 Å². The lowest BCUT2D eigenvalue weighted by Crippen LogP contribution is -2.42. The normalized spacial score (nSPS) is 24.2. The Balaban J connectivity index is 2.07. The van der Waals surface area contributed by atoms with Crippen molar-refractivity contribution in [1.82, 2.24) is 10.2 Å². The second-order valence-electron chi connectivity index (χ2n) is 5.59. The lowest BCUT2D eigenvalue weighted by molar-refractivity contribution is 0.109. The van der Waals surface area contributed by atoms with Crippen molar-refractivity contribution in [2.24, 2.45) is 0 Å². The minimum Gasteiger partial charge on any atom is -0.377 e. The molecule has 1 aromatic carbocycles. The highest BCUT2D eigenvalue weighted by atomic mass is 16.5. The highest BCUT2D eigenvalue weighted by Gasteiger charge is 2.27. The molecular formula is C17H28N2O. The minimum absolute atomic E-state index is 0.318. The van der Waals surface area contributed by atoms with Gasteiger partial charge in [-0.25, -0.2) is 0 Å². The molecule has 1 fully saturated rings. The molecule has 3 heteroatoms. The van der Waals surface area contributed by atoms with Gasteiger partial charge in [0.15, 0.2) is 0 Å². The number of nitrogens with zero attached hydrogens (tertiary/aromatic N) is 1. The SMILES string of the molecule is CCN(CC)C[C@H](N[C@@H]1CCO[C@H]1C)c1ccccc1. The van der Waals surface area contributed by atoms with E-state index in [-0.39, 0.29) is 0 Å². The second kappa shape index (κ2) is 7.77. The lowest BCUT2D eigenvalue weighted by atomic mass is 10.0. The predicted molar refractivity (Wildman–Crippen MR) is 83.9 cm³/mol. The summed E-state index contributed by atoms with van der Waals surface area (Å²) in [6, 6.07) is 11.6. The van der Waals surface area contributed by atoms with Gasteiger partial charge in [-0.15, -0.1) is 0 Å². The van der Waals surface area contributed by atoms with Crippen LogP contribution in [0.4, 0.5) is 0 Å². The number of hydrogen-bond acceptors (Lipinski definition) is 3. The maximum Gasteiger partial charge on any atom is 0.0700 e. The van der Waals surface area contributed by atoms with Gasteiger partial charge in [-0.1, -0.05) is 44.2 Å². The molecule has 0 radical (unpaired) electrons. The van der Waals surface area contributed by atoms with Gasteiger partial charge in [-0.2, -0.15) is 0 Å². The van der Waals surface area contributed by atoms with Gasteiger partial charge in [0.1, 0.15) is 0 Å². The molecule has 0 amide bonds. The zero-order valence-electron chi connectivity index (χ0n) is 13.0. The Labute approximate surface area is 123 Å². The average molecular weight is 276 g/mol. The van der Waals surface area contributed by atoms with E-state index in [9.17, 15) is 0 Å². The summed E-state index contributed by atoms with van der Waals surface area (Å²) < 4.78 is 5.68. The lowest BCUT2D eigenvalue weighted by Gasteiger charge is -2.30. The number of nitrogens with one attached hydrogen (secondary N) is 1. The van der Waals surface area contributed by atoms with Gasteiger partial charge in [0.25, 0.3) is 0 Å². The van der Waals surface area contributed by atoms with Crippen LogP contribution in [0, 0.1) is 0 Å². The van der Waals surface area contributed by atoms with Crippen molar-refractivity contribution < 1.29 is 4.74 Å². The molecule has 20 heavy (non-hydrogen) atoms. The molecule has 2 rings (SSSR count). The van der Waals surface area contributed by atoms with Crippen molar-refractivity contribution in [2.75, 3.05) is 26.2 Å². The predicted octanol–water partition coefficient (Wildman–Crippen LogP) is 2.84. The van der Waals surface area contributed by atoms with Crippen LogP contribution in [0.2, 0.25) is 0 Å². The van der Waals surface area contributed by atoms with E-state index in [2.05, 4.69) is 61.3 Å². The van der Waals surface area contributed by atoms with Crippen LogP contribution in [0.3, 0.4) is 0 Å². The molecule has 1 saturated heterocycles. The Morgan fingerprint density at radius 3 is 2.50 bits per heavy atom. The van der Waals surface area contributed by atoms with Crippen LogP contribution in [0.1, 0.15) is 38.8 Å². The molecule has 0 spiro atoms. The molecule has 1 heterocycles. The molecule has 3 atom stereocenters. The first-order valence-electron chi connectivity index (χ1n) is 7.89. The summed E-state index contributed by atoms with van der Waals surface area (Å²) in [6.45, 7) is 10.8. The first kappa shape index (κ1) is 15.5. The summed E-state index contributed by atoms with van der Waals surface area (Å²) in [5.74, 6) is 0. The van der Waals surface area contributed by atoms with Crippen LogP contribution >= 0.6 is 0 Å². The molecule has 112 valence electrons. The van der Waals surface area contributed by atoms with Crippen LogP contribution in [-0.2, 0) is 4.74 Å². The molecular weight excluding hydrogens is 248 g/mol. The van der Waals surface area contributed by atoms with Gasteiger partial charge in [-0.05, 0) is 32.0 Å². The molecule has 0 saturated carbocycles. The Bertz CT molecular complexity index is 378. The van der Waals surface area contributed by atoms with E-state index in [0.29, 0.717) is 18.2 Å². The molecule has 1 aromatic rings. The summed E-state index contributed by atoms with van der Waals surface area (Å²) in [5.41, 5.74) is 1.37. The molecule has 0 bridgehead atoms. The largest absolute Gasteiger partial charge is 0.377 e. The van der Waals surface area contributed by atoms with E-state index in [0.717, 1.165) is 32.7 Å². The van der Waals surface area contributed by atoms with Crippen LogP contribution < -0.4 is 5.32 Å². The topological polar surface area (TPSA) is 24.5 Å². The van der Waals surface area contributed by atoms with E-state index in [1.54, 1.807) is 0 Å². The summed E-state index contributed by atoms with van der Waals surface area (Å²) >= 11 is 0. The van der Waals surface area contributed by atoms with Gasteiger partial charge >= 0.3 is 0 Å². The maximum atomic E-state index is 5.68. The number of hydrogen-bond donors (Lipinski definition) is 1. The van der Waals surface area contributed by atoms with Crippen LogP contribution in [0.25, 0.3) is 0 Å². The molecule has 1 N–H and O–H groups in total. The van der Waals surface area contributed by atoms with Gasteiger partial charge in [-0.3, -0.25) is 0 Å². The number of ether oxygens (including phenoxy) is 1. The van der Waals surface area contributed by atoms with Crippen LogP contribution in [-0.4, -0.2) is 43.3 Å². The molecule has 3 nitrogen and oxygen atoms in total. The van der Waals surface area contributed by atoms with Crippen LogP contribution in [0.15, 0.2) is 30.3 Å². The highest BCUT2D eigenvalue weighted by Crippen LogP contribution is 2.20. The van der Waals surface area contributed by atoms with Gasteiger partial charge in [0.05, 0.1) is 6.10 Å². The van der Waals surface area contributed by atoms with E-state index in [1.165, 1.54) is 5.56 Å². The van der Waals surface area contributed by atoms with E-state index < -0.39 is 0 Å². The van der Waals surface area contributed by atoms with E-state index >= 15 is 0 Å². The molecule has 0 aliphatic carbocycles. The number of benzene rings is 1. The Morgan fingerprint density at radius 2 is 1.95 bits per heavy atom. The maximum absolute atomic E-state index is 5.68. The Kier molecular flexibility index (Phi) is 6.02. The Morgan fingerprint density at radius 1 is 1.25 bits per heavy atom. The Hall–Kier alpha value is -0.900. The van der Waals surface area contributed by atoms with Crippen LogP contribution in [0.5, 0.6) is 0 Å². The van der Waals surface area contributed by atoms with Gasteiger partial charge in [0.2, 0.25) is 0 Å². The molecule has 1 aliphatic heterocycles. The third-order valence-electron chi connectivity index (χ3n) is 4.33. The zero-order valence-corrected chi connectivity index (χ0v) is 13.0. The van der Waals surface area contributed by atoms with E-state index in [1.807, 2.05) is 0 Å². The fraction of sp³-hybridized carbons (Fsp3) is 0.647. The van der Waals surface area contributed by atoms with Gasteiger partial charge < -0.3 is 15.0 Å². The smallest absolute Gasteiger partial charge is 0.0700 e. The van der Waals surface area contributed by atoms with Crippen molar-refractivity contribution in [3.8, 4) is 0 Å². The monoisotopic (exact) mass is 276 g/mol. The van der Waals surface area contributed by atoms with E-state index in [4.69, 9.17) is 4.74 Å². The third kappa shape index (κ3) is 4.05. The highest BCUT2D eigenvalue weighted by molar-refractivity contribution is 5.19. The van der Waals surface area contributed by atoms with Crippen molar-refractivity contribution in [3.63, 3.8) is 0 Å². The summed E-state index contributed by atoms with van der Waals surface area (Å²) in [4.78, 5) is 2.48. The molecule has 1 aliphatic rings. The molecule has 0 unspecified atom stereocenters. The number of likely N-dealkylation sites (N-methyl/N-ethyl adjacent to an activating group) is 1. The van der Waals surface area contributed by atoms with Crippen molar-refractivity contribution in [2.45, 2.75) is 45.4 Å².